The van der Waals surface area contributed by atoms with E-state index < -0.39 is 26.4 Å². The predicted molar refractivity (Wildman–Crippen MR) is 154 cm³/mol. The van der Waals surface area contributed by atoms with Gasteiger partial charge in [0.2, 0.25) is 0 Å². The van der Waals surface area contributed by atoms with E-state index in [2.05, 4.69) is 133 Å². The molecule has 1 saturated heterocycles. The molecule has 0 bridgehead atoms. The maximum absolute atomic E-state index is 6.68. The van der Waals surface area contributed by atoms with Crippen molar-refractivity contribution in [2.75, 3.05) is 0 Å². The van der Waals surface area contributed by atoms with Gasteiger partial charge in [-0.3, -0.25) is 0 Å². The smallest absolute Gasteiger partial charge is 0.399 e. The number of aryl methyl sites for hydroxylation is 2. The summed E-state index contributed by atoms with van der Waals surface area (Å²) in [6.45, 7) is 12.9. The first-order valence-electron chi connectivity index (χ1n) is 12.9. The molecule has 0 saturated carbocycles. The van der Waals surface area contributed by atoms with Crippen LogP contribution in [0.15, 0.2) is 91.0 Å². The Morgan fingerprint density at radius 2 is 1.08 bits per heavy atom. The molecule has 4 heteroatoms. The largest absolute Gasteiger partial charge is 0.494 e. The molecular formula is C32H33BO2Si. The van der Waals surface area contributed by atoms with Gasteiger partial charge in [0.1, 0.15) is 0 Å². The fourth-order valence-corrected chi connectivity index (χ4v) is 11.3. The highest BCUT2D eigenvalue weighted by Crippen LogP contribution is 2.37. The van der Waals surface area contributed by atoms with Crippen molar-refractivity contribution in [2.45, 2.75) is 52.7 Å². The molecule has 2 aliphatic heterocycles. The summed E-state index contributed by atoms with van der Waals surface area (Å²) < 4.78 is 13.4. The van der Waals surface area contributed by atoms with Crippen LogP contribution in [0, 0.1) is 13.8 Å². The van der Waals surface area contributed by atoms with Gasteiger partial charge in [-0.2, -0.15) is 0 Å². The van der Waals surface area contributed by atoms with Gasteiger partial charge >= 0.3 is 7.12 Å². The highest BCUT2D eigenvalue weighted by Gasteiger charge is 2.56. The lowest BCUT2D eigenvalue weighted by Crippen LogP contribution is -2.76. The Bertz CT molecular complexity index is 1390. The molecule has 36 heavy (non-hydrogen) atoms. The van der Waals surface area contributed by atoms with Crippen LogP contribution in [0.2, 0.25) is 0 Å². The molecule has 0 aromatic heterocycles. The van der Waals surface area contributed by atoms with Crippen LogP contribution in [-0.2, 0) is 9.31 Å². The van der Waals surface area contributed by atoms with Gasteiger partial charge in [0.25, 0.3) is 0 Å². The van der Waals surface area contributed by atoms with E-state index in [1.165, 1.54) is 43.0 Å². The SMILES string of the molecule is Cc1ccc([Si]2(c3ccc(C)cc3)c3ccccc3-c3cccc(B4OC(C)(C)C(C)(C)O4)c32)cc1. The molecule has 1 fully saturated rings. The van der Waals surface area contributed by atoms with Crippen LogP contribution in [0.5, 0.6) is 0 Å². The summed E-state index contributed by atoms with van der Waals surface area (Å²) >= 11 is 0. The molecule has 2 nitrogen and oxygen atoms in total. The first kappa shape index (κ1) is 23.5. The monoisotopic (exact) mass is 488 g/mol. The zero-order valence-corrected chi connectivity index (χ0v) is 23.1. The molecule has 6 rings (SSSR count). The standard InChI is InChI=1S/C32H33BO2Si/c1-22-14-18-24(19-15-22)36(25-20-16-23(2)17-21-25)29-13-8-7-10-26(29)27-11-9-12-28(30(27)36)33-34-31(3,4)32(5,6)35-33/h7-21H,1-6H3. The molecule has 0 aliphatic carbocycles. The van der Waals surface area contributed by atoms with E-state index in [0.717, 1.165) is 5.46 Å². The molecule has 2 aliphatic rings. The van der Waals surface area contributed by atoms with Crippen LogP contribution >= 0.6 is 0 Å². The van der Waals surface area contributed by atoms with Crippen LogP contribution in [0.1, 0.15) is 38.8 Å². The number of rotatable bonds is 3. The van der Waals surface area contributed by atoms with Crippen LogP contribution in [0.25, 0.3) is 11.1 Å². The molecule has 180 valence electrons. The van der Waals surface area contributed by atoms with Crippen molar-refractivity contribution in [1.82, 2.24) is 0 Å². The van der Waals surface area contributed by atoms with Crippen LogP contribution in [0.3, 0.4) is 0 Å². The lowest BCUT2D eigenvalue weighted by Gasteiger charge is -2.33. The lowest BCUT2D eigenvalue weighted by molar-refractivity contribution is 0.00578. The average molecular weight is 489 g/mol. The van der Waals surface area contributed by atoms with Gasteiger partial charge in [0.15, 0.2) is 8.07 Å². The summed E-state index contributed by atoms with van der Waals surface area (Å²) in [6, 6.07) is 34.2. The predicted octanol–water partition coefficient (Wildman–Crippen LogP) is 3.96. The van der Waals surface area contributed by atoms with Crippen LogP contribution < -0.4 is 26.2 Å². The van der Waals surface area contributed by atoms with E-state index in [1.54, 1.807) is 0 Å². The summed E-state index contributed by atoms with van der Waals surface area (Å²) in [7, 11) is -3.05. The molecule has 4 aromatic rings. The van der Waals surface area contributed by atoms with Crippen LogP contribution in [-0.4, -0.2) is 26.4 Å². The van der Waals surface area contributed by atoms with Crippen molar-refractivity contribution < 1.29 is 9.31 Å². The van der Waals surface area contributed by atoms with Crippen molar-refractivity contribution in [1.29, 1.82) is 0 Å². The minimum Gasteiger partial charge on any atom is -0.399 e. The Morgan fingerprint density at radius 3 is 1.64 bits per heavy atom. The van der Waals surface area contributed by atoms with Gasteiger partial charge < -0.3 is 9.31 Å². The molecule has 0 amide bonds. The second kappa shape index (κ2) is 8.04. The fourth-order valence-electron chi connectivity index (χ4n) is 5.93. The second-order valence-corrected chi connectivity index (χ2v) is 15.1. The average Bonchev–Trinajstić information content (AvgIpc) is 3.27. The van der Waals surface area contributed by atoms with Gasteiger partial charge in [-0.25, -0.2) is 0 Å². The van der Waals surface area contributed by atoms with Crippen molar-refractivity contribution in [3.8, 4) is 11.1 Å². The maximum atomic E-state index is 6.68. The molecule has 0 spiro atoms. The van der Waals surface area contributed by atoms with E-state index in [1.807, 2.05) is 0 Å². The van der Waals surface area contributed by atoms with Gasteiger partial charge in [0, 0.05) is 0 Å². The summed E-state index contributed by atoms with van der Waals surface area (Å²) in [6.07, 6.45) is 0. The van der Waals surface area contributed by atoms with Gasteiger partial charge in [-0.05, 0) is 78.9 Å². The van der Waals surface area contributed by atoms with E-state index in [9.17, 15) is 0 Å². The van der Waals surface area contributed by atoms with Crippen molar-refractivity contribution in [2.24, 2.45) is 0 Å². The highest BCUT2D eigenvalue weighted by molar-refractivity contribution is 7.23. The number of hydrogen-bond donors (Lipinski definition) is 0. The fraction of sp³-hybridized carbons (Fsp3) is 0.250. The topological polar surface area (TPSA) is 18.5 Å². The summed E-state index contributed by atoms with van der Waals surface area (Å²) in [5.41, 5.74) is 5.56. The quantitative estimate of drug-likeness (QED) is 0.358. The minimum absolute atomic E-state index is 0.399. The third-order valence-corrected chi connectivity index (χ3v) is 13.5. The lowest BCUT2D eigenvalue weighted by atomic mass is 9.78. The zero-order chi connectivity index (χ0) is 25.3. The number of hydrogen-bond acceptors (Lipinski definition) is 2. The zero-order valence-electron chi connectivity index (χ0n) is 22.1. The highest BCUT2D eigenvalue weighted by atomic mass is 28.3. The summed E-state index contributed by atoms with van der Waals surface area (Å²) in [4.78, 5) is 0. The third kappa shape index (κ3) is 3.25. The first-order chi connectivity index (χ1) is 17.1. The Hall–Kier alpha value is -2.92. The van der Waals surface area contributed by atoms with Gasteiger partial charge in [0.05, 0.1) is 11.2 Å². The Morgan fingerprint density at radius 1 is 0.583 bits per heavy atom. The summed E-state index contributed by atoms with van der Waals surface area (Å²) in [5.74, 6) is 0. The maximum Gasteiger partial charge on any atom is 0.494 e. The first-order valence-corrected chi connectivity index (χ1v) is 14.9. The minimum atomic E-state index is -2.64. The Labute approximate surface area is 216 Å². The molecule has 4 aromatic carbocycles. The van der Waals surface area contributed by atoms with E-state index in [-0.39, 0.29) is 0 Å². The van der Waals surface area contributed by atoms with Crippen molar-refractivity contribution in [3.63, 3.8) is 0 Å². The number of fused-ring (bicyclic) bond motifs is 3. The molecule has 0 radical (unpaired) electrons. The second-order valence-electron chi connectivity index (χ2n) is 11.4. The Kier molecular flexibility index (Phi) is 5.24. The molecule has 0 N–H and O–H groups in total. The summed E-state index contributed by atoms with van der Waals surface area (Å²) in [5, 5.41) is 5.63. The molecule has 0 atom stereocenters. The van der Waals surface area contributed by atoms with E-state index in [4.69, 9.17) is 9.31 Å². The van der Waals surface area contributed by atoms with E-state index in [0.29, 0.717) is 0 Å². The van der Waals surface area contributed by atoms with Crippen molar-refractivity contribution >= 4 is 41.4 Å². The van der Waals surface area contributed by atoms with Gasteiger partial charge in [-0.15, -0.1) is 0 Å². The Balaban J connectivity index is 1.72. The van der Waals surface area contributed by atoms with Crippen LogP contribution in [0.4, 0.5) is 0 Å². The van der Waals surface area contributed by atoms with Gasteiger partial charge in [-0.1, -0.05) is 102 Å². The molecule has 2 heterocycles. The molecule has 0 unspecified atom stereocenters. The van der Waals surface area contributed by atoms with Crippen molar-refractivity contribution in [3.05, 3.63) is 102 Å². The normalized spacial score (nSPS) is 18.7. The van der Waals surface area contributed by atoms with E-state index >= 15 is 0 Å². The molecular weight excluding hydrogens is 455 g/mol. The third-order valence-electron chi connectivity index (χ3n) is 8.57. The number of benzene rings is 4.